The summed E-state index contributed by atoms with van der Waals surface area (Å²) < 4.78 is 1.74. The third-order valence-electron chi connectivity index (χ3n) is 2.10. The maximum atomic E-state index is 5.90. The van der Waals surface area contributed by atoms with Gasteiger partial charge in [0.05, 0.1) is 5.69 Å². The lowest BCUT2D eigenvalue weighted by molar-refractivity contribution is 0.754. The van der Waals surface area contributed by atoms with Crippen LogP contribution in [0.15, 0.2) is 30.6 Å². The van der Waals surface area contributed by atoms with Gasteiger partial charge in [-0.15, -0.1) is 0 Å². The van der Waals surface area contributed by atoms with E-state index in [1.165, 1.54) is 0 Å². The Balaban J connectivity index is 2.37. The van der Waals surface area contributed by atoms with Crippen molar-refractivity contribution >= 4 is 11.6 Å². The van der Waals surface area contributed by atoms with Crippen molar-refractivity contribution in [2.24, 2.45) is 0 Å². The Bertz CT molecular complexity index is 462. The van der Waals surface area contributed by atoms with Crippen molar-refractivity contribution in [2.45, 2.75) is 19.8 Å². The molecule has 1 aromatic carbocycles. The monoisotopic (exact) mass is 221 g/mol. The first-order chi connectivity index (χ1) is 7.16. The number of hydrogen-bond donors (Lipinski definition) is 0. The molecule has 0 aliphatic rings. The van der Waals surface area contributed by atoms with Gasteiger partial charge in [0.1, 0.15) is 6.33 Å². The highest BCUT2D eigenvalue weighted by atomic mass is 35.5. The van der Waals surface area contributed by atoms with Crippen LogP contribution in [0.3, 0.4) is 0 Å². The van der Waals surface area contributed by atoms with E-state index in [2.05, 4.69) is 23.9 Å². The first kappa shape index (κ1) is 10.2. The second-order valence-electron chi connectivity index (χ2n) is 3.68. The number of rotatable bonds is 2. The highest BCUT2D eigenvalue weighted by Crippen LogP contribution is 2.15. The normalized spacial score (nSPS) is 10.9. The van der Waals surface area contributed by atoms with Crippen LogP contribution in [0.2, 0.25) is 5.02 Å². The molecule has 2 aromatic rings. The van der Waals surface area contributed by atoms with Gasteiger partial charge in [0.15, 0.2) is 5.82 Å². The third-order valence-corrected chi connectivity index (χ3v) is 2.33. The first-order valence-electron chi connectivity index (χ1n) is 4.84. The summed E-state index contributed by atoms with van der Waals surface area (Å²) in [5.41, 5.74) is 0.932. The third kappa shape index (κ3) is 2.18. The van der Waals surface area contributed by atoms with Crippen LogP contribution in [0.5, 0.6) is 0 Å². The number of benzene rings is 1. The average Bonchev–Trinajstić information content (AvgIpc) is 2.66. The molecule has 3 nitrogen and oxygen atoms in total. The Labute approximate surface area is 93.7 Å². The van der Waals surface area contributed by atoms with E-state index in [1.807, 2.05) is 24.3 Å². The van der Waals surface area contributed by atoms with Gasteiger partial charge >= 0.3 is 0 Å². The summed E-state index contributed by atoms with van der Waals surface area (Å²) in [6, 6.07) is 7.55. The van der Waals surface area contributed by atoms with Crippen molar-refractivity contribution in [3.05, 3.63) is 41.4 Å². The highest BCUT2D eigenvalue weighted by molar-refractivity contribution is 6.30. The van der Waals surface area contributed by atoms with E-state index >= 15 is 0 Å². The average molecular weight is 222 g/mol. The fourth-order valence-electron chi connectivity index (χ4n) is 1.28. The largest absolute Gasteiger partial charge is 0.221 e. The first-order valence-corrected chi connectivity index (χ1v) is 5.22. The summed E-state index contributed by atoms with van der Waals surface area (Å²) >= 11 is 5.90. The fourth-order valence-corrected chi connectivity index (χ4v) is 1.47. The molecule has 0 bridgehead atoms. The Morgan fingerprint density at radius 2 is 2.13 bits per heavy atom. The van der Waals surface area contributed by atoms with E-state index < -0.39 is 0 Å². The Kier molecular flexibility index (Phi) is 2.73. The van der Waals surface area contributed by atoms with Crippen LogP contribution in [-0.4, -0.2) is 14.8 Å². The minimum Gasteiger partial charge on any atom is -0.221 e. The van der Waals surface area contributed by atoms with Crippen molar-refractivity contribution in [3.63, 3.8) is 0 Å². The van der Waals surface area contributed by atoms with E-state index in [0.29, 0.717) is 10.9 Å². The molecule has 4 heteroatoms. The SMILES string of the molecule is CC(C)c1ncn(-c2cccc(Cl)c2)n1. The zero-order chi connectivity index (χ0) is 10.8. The van der Waals surface area contributed by atoms with Crippen molar-refractivity contribution < 1.29 is 0 Å². The van der Waals surface area contributed by atoms with E-state index in [9.17, 15) is 0 Å². The lowest BCUT2D eigenvalue weighted by Crippen LogP contribution is -1.97. The van der Waals surface area contributed by atoms with Gasteiger partial charge in [-0.25, -0.2) is 9.67 Å². The molecule has 2 rings (SSSR count). The van der Waals surface area contributed by atoms with Crippen LogP contribution in [0.1, 0.15) is 25.6 Å². The zero-order valence-corrected chi connectivity index (χ0v) is 9.44. The molecule has 0 fully saturated rings. The maximum Gasteiger partial charge on any atom is 0.153 e. The minimum absolute atomic E-state index is 0.338. The van der Waals surface area contributed by atoms with E-state index in [-0.39, 0.29) is 0 Å². The summed E-state index contributed by atoms with van der Waals surface area (Å²) in [7, 11) is 0. The molecule has 0 aliphatic carbocycles. The van der Waals surface area contributed by atoms with E-state index in [4.69, 9.17) is 11.6 Å². The van der Waals surface area contributed by atoms with Gasteiger partial charge < -0.3 is 0 Å². The van der Waals surface area contributed by atoms with Crippen molar-refractivity contribution in [3.8, 4) is 5.69 Å². The van der Waals surface area contributed by atoms with E-state index in [1.54, 1.807) is 11.0 Å². The van der Waals surface area contributed by atoms with Crippen LogP contribution in [0.25, 0.3) is 5.69 Å². The molecule has 0 unspecified atom stereocenters. The van der Waals surface area contributed by atoms with Crippen LogP contribution < -0.4 is 0 Å². The predicted octanol–water partition coefficient (Wildman–Crippen LogP) is 3.04. The van der Waals surface area contributed by atoms with Crippen molar-refractivity contribution in [2.75, 3.05) is 0 Å². The summed E-state index contributed by atoms with van der Waals surface area (Å²) in [6.07, 6.45) is 1.71. The van der Waals surface area contributed by atoms with E-state index in [0.717, 1.165) is 11.5 Å². The van der Waals surface area contributed by atoms with Crippen LogP contribution >= 0.6 is 11.6 Å². The van der Waals surface area contributed by atoms with Gasteiger partial charge in [-0.1, -0.05) is 31.5 Å². The molecule has 78 valence electrons. The van der Waals surface area contributed by atoms with Crippen LogP contribution in [0.4, 0.5) is 0 Å². The van der Waals surface area contributed by atoms with Crippen LogP contribution in [-0.2, 0) is 0 Å². The number of halogens is 1. The number of nitrogens with zero attached hydrogens (tertiary/aromatic N) is 3. The summed E-state index contributed by atoms with van der Waals surface area (Å²) in [5.74, 6) is 1.18. The molecule has 0 atom stereocenters. The second kappa shape index (κ2) is 4.03. The van der Waals surface area contributed by atoms with Gasteiger partial charge in [0, 0.05) is 10.9 Å². The summed E-state index contributed by atoms with van der Waals surface area (Å²) in [5, 5.41) is 5.07. The molecular weight excluding hydrogens is 210 g/mol. The molecule has 1 heterocycles. The predicted molar refractivity (Wildman–Crippen MR) is 60.5 cm³/mol. The van der Waals surface area contributed by atoms with Gasteiger partial charge in [0.2, 0.25) is 0 Å². The lowest BCUT2D eigenvalue weighted by Gasteiger charge is -2.00. The maximum absolute atomic E-state index is 5.90. The molecule has 0 saturated carbocycles. The smallest absolute Gasteiger partial charge is 0.153 e. The summed E-state index contributed by atoms with van der Waals surface area (Å²) in [4.78, 5) is 4.23. The Hall–Kier alpha value is -1.35. The molecule has 0 radical (unpaired) electrons. The van der Waals surface area contributed by atoms with Gasteiger partial charge in [-0.2, -0.15) is 5.10 Å². The topological polar surface area (TPSA) is 30.7 Å². The molecule has 0 N–H and O–H groups in total. The standard InChI is InChI=1S/C11H12ClN3/c1-8(2)11-13-7-15(14-11)10-5-3-4-9(12)6-10/h3-8H,1-2H3. The second-order valence-corrected chi connectivity index (χ2v) is 4.12. The van der Waals surface area contributed by atoms with Gasteiger partial charge in [-0.3, -0.25) is 0 Å². The molecule has 0 spiro atoms. The highest BCUT2D eigenvalue weighted by Gasteiger charge is 2.06. The van der Waals surface area contributed by atoms with Gasteiger partial charge in [-0.05, 0) is 18.2 Å². The summed E-state index contributed by atoms with van der Waals surface area (Å²) in [6.45, 7) is 4.13. The molecule has 0 aliphatic heterocycles. The Morgan fingerprint density at radius 3 is 2.73 bits per heavy atom. The number of hydrogen-bond acceptors (Lipinski definition) is 2. The quantitative estimate of drug-likeness (QED) is 0.781. The zero-order valence-electron chi connectivity index (χ0n) is 8.68. The van der Waals surface area contributed by atoms with Gasteiger partial charge in [0.25, 0.3) is 0 Å². The molecular formula is C11H12ClN3. The molecule has 15 heavy (non-hydrogen) atoms. The fraction of sp³-hybridized carbons (Fsp3) is 0.273. The number of aromatic nitrogens is 3. The Morgan fingerprint density at radius 1 is 1.33 bits per heavy atom. The molecule has 0 saturated heterocycles. The molecule has 1 aromatic heterocycles. The lowest BCUT2D eigenvalue weighted by atomic mass is 10.2. The van der Waals surface area contributed by atoms with Crippen LogP contribution in [0, 0.1) is 0 Å². The minimum atomic E-state index is 0.338. The molecule has 0 amide bonds. The van der Waals surface area contributed by atoms with Crippen molar-refractivity contribution in [1.82, 2.24) is 14.8 Å². The van der Waals surface area contributed by atoms with Crippen molar-refractivity contribution in [1.29, 1.82) is 0 Å².